The number of H-pyrrole nitrogens is 1. The lowest BCUT2D eigenvalue weighted by atomic mass is 10.3. The van der Waals surface area contributed by atoms with E-state index in [4.69, 9.17) is 5.26 Å². The lowest BCUT2D eigenvalue weighted by Crippen LogP contribution is -2.12. The van der Waals surface area contributed by atoms with E-state index in [-0.39, 0.29) is 16.3 Å². The first kappa shape index (κ1) is 16.6. The van der Waals surface area contributed by atoms with E-state index in [1.165, 1.54) is 35.9 Å². The number of hydrogen-bond acceptors (Lipinski definition) is 9. The van der Waals surface area contributed by atoms with Crippen molar-refractivity contribution in [3.63, 3.8) is 0 Å². The number of anilines is 2. The number of benzene rings is 1. The molecular weight excluding hydrogens is 364 g/mol. The van der Waals surface area contributed by atoms with Gasteiger partial charge in [0.2, 0.25) is 5.82 Å². The van der Waals surface area contributed by atoms with E-state index in [1.54, 1.807) is 17.5 Å². The summed E-state index contributed by atoms with van der Waals surface area (Å²) in [6, 6.07) is 7.95. The summed E-state index contributed by atoms with van der Waals surface area (Å²) >= 11 is 1.19. The molecule has 0 amide bonds. The van der Waals surface area contributed by atoms with Gasteiger partial charge in [-0.25, -0.2) is 13.4 Å². The van der Waals surface area contributed by atoms with Crippen LogP contribution in [0.4, 0.5) is 10.8 Å². The third kappa shape index (κ3) is 3.97. The molecule has 2 aromatic heterocycles. The molecule has 3 aromatic rings. The van der Waals surface area contributed by atoms with E-state index in [2.05, 4.69) is 35.6 Å². The largest absolute Gasteiger partial charge is 0.360 e. The Morgan fingerprint density at radius 3 is 2.72 bits per heavy atom. The molecule has 126 valence electrons. The van der Waals surface area contributed by atoms with E-state index in [1.807, 2.05) is 6.07 Å². The summed E-state index contributed by atoms with van der Waals surface area (Å²) in [5, 5.41) is 27.0. The molecule has 25 heavy (non-hydrogen) atoms. The summed E-state index contributed by atoms with van der Waals surface area (Å²) in [6.07, 6.45) is 2.92. The molecule has 0 saturated carbocycles. The number of nitriles is 1. The predicted octanol–water partition coefficient (Wildman–Crippen LogP) is 1.43. The van der Waals surface area contributed by atoms with Gasteiger partial charge in [0.05, 0.1) is 4.90 Å². The van der Waals surface area contributed by atoms with Gasteiger partial charge in [-0.15, -0.1) is 21.5 Å². The molecule has 0 fully saturated rings. The Bertz CT molecular complexity index is 1000. The summed E-state index contributed by atoms with van der Waals surface area (Å²) in [5.74, 6) is 0.154. The molecule has 0 atom stereocenters. The van der Waals surface area contributed by atoms with Crippen molar-refractivity contribution in [1.82, 2.24) is 25.6 Å². The molecule has 3 N–H and O–H groups in total. The molecule has 0 bridgehead atoms. The van der Waals surface area contributed by atoms with Crippen LogP contribution in [0.1, 0.15) is 5.82 Å². The summed E-state index contributed by atoms with van der Waals surface area (Å²) in [6.45, 7) is 0. The van der Waals surface area contributed by atoms with Gasteiger partial charge in [0.15, 0.2) is 5.13 Å². The zero-order valence-corrected chi connectivity index (χ0v) is 14.0. The molecule has 0 saturated heterocycles. The molecule has 0 unspecified atom stereocenters. The van der Waals surface area contributed by atoms with Crippen molar-refractivity contribution in [2.24, 2.45) is 0 Å². The SMILES string of the molecule is N#CC(=CNc1ccc(S(=O)(=O)Nc2nccs2)cc1)c1nn[nH]n1. The molecule has 12 heteroatoms. The molecule has 3 rings (SSSR count). The molecule has 0 aliphatic carbocycles. The number of rotatable bonds is 6. The second-order valence-electron chi connectivity index (χ2n) is 4.52. The molecule has 0 spiro atoms. The minimum Gasteiger partial charge on any atom is -0.360 e. The van der Waals surface area contributed by atoms with Gasteiger partial charge >= 0.3 is 0 Å². The third-order valence-corrected chi connectivity index (χ3v) is 5.08. The molecule has 1 aromatic carbocycles. The van der Waals surface area contributed by atoms with Gasteiger partial charge in [-0.2, -0.15) is 10.5 Å². The van der Waals surface area contributed by atoms with Crippen LogP contribution in [0, 0.1) is 11.3 Å². The summed E-state index contributed by atoms with van der Waals surface area (Å²) in [5.41, 5.74) is 0.764. The number of nitrogens with one attached hydrogen (secondary N) is 3. The first-order chi connectivity index (χ1) is 12.1. The van der Waals surface area contributed by atoms with Gasteiger partial charge in [0.25, 0.3) is 10.0 Å². The first-order valence-electron chi connectivity index (χ1n) is 6.71. The average Bonchev–Trinajstić information content (AvgIpc) is 3.30. The van der Waals surface area contributed by atoms with Crippen molar-refractivity contribution in [2.75, 3.05) is 10.0 Å². The fraction of sp³-hybridized carbons (Fsp3) is 0. The maximum Gasteiger partial charge on any atom is 0.263 e. The first-order valence-corrected chi connectivity index (χ1v) is 9.08. The molecule has 10 nitrogen and oxygen atoms in total. The van der Waals surface area contributed by atoms with Crippen molar-refractivity contribution < 1.29 is 8.42 Å². The lowest BCUT2D eigenvalue weighted by Gasteiger charge is -2.06. The Hall–Kier alpha value is -3.30. The lowest BCUT2D eigenvalue weighted by molar-refractivity contribution is 0.601. The van der Waals surface area contributed by atoms with Gasteiger partial charge in [-0.1, -0.05) is 0 Å². The number of thiazole rings is 1. The minimum atomic E-state index is -3.70. The molecular formula is C13H10N8O2S2. The maximum absolute atomic E-state index is 12.2. The van der Waals surface area contributed by atoms with Gasteiger partial charge in [-0.05, 0) is 29.5 Å². The molecule has 0 aliphatic heterocycles. The third-order valence-electron chi connectivity index (χ3n) is 2.91. The number of allylic oxidation sites excluding steroid dienone is 1. The second-order valence-corrected chi connectivity index (χ2v) is 7.09. The highest BCUT2D eigenvalue weighted by Crippen LogP contribution is 2.20. The van der Waals surface area contributed by atoms with Crippen molar-refractivity contribution in [1.29, 1.82) is 5.26 Å². The Labute approximate surface area is 146 Å². The monoisotopic (exact) mass is 374 g/mol. The van der Waals surface area contributed by atoms with E-state index in [0.29, 0.717) is 10.8 Å². The zero-order valence-electron chi connectivity index (χ0n) is 12.4. The van der Waals surface area contributed by atoms with E-state index >= 15 is 0 Å². The summed E-state index contributed by atoms with van der Waals surface area (Å²) in [4.78, 5) is 3.98. The highest BCUT2D eigenvalue weighted by molar-refractivity contribution is 7.93. The topological polar surface area (TPSA) is 149 Å². The standard InChI is InChI=1S/C13H10N8O2S2/c14-7-9(12-17-20-21-18-12)8-16-10-1-3-11(4-2-10)25(22,23)19-13-15-5-6-24-13/h1-6,8,16H,(H,15,19)(H,17,18,20,21). The van der Waals surface area contributed by atoms with Gasteiger partial charge in [-0.3, -0.25) is 4.72 Å². The van der Waals surface area contributed by atoms with Crippen molar-refractivity contribution in [2.45, 2.75) is 4.90 Å². The number of nitrogens with zero attached hydrogens (tertiary/aromatic N) is 5. The van der Waals surface area contributed by atoms with Crippen LogP contribution < -0.4 is 10.0 Å². The Morgan fingerprint density at radius 2 is 2.12 bits per heavy atom. The fourth-order valence-electron chi connectivity index (χ4n) is 1.76. The Morgan fingerprint density at radius 1 is 1.32 bits per heavy atom. The Kier molecular flexibility index (Phi) is 4.68. The maximum atomic E-state index is 12.2. The molecule has 0 radical (unpaired) electrons. The van der Waals surface area contributed by atoms with Gasteiger partial charge in [0, 0.05) is 23.5 Å². The molecule has 2 heterocycles. The van der Waals surface area contributed by atoms with Crippen molar-refractivity contribution in [3.05, 3.63) is 47.9 Å². The number of tetrazole rings is 1. The van der Waals surface area contributed by atoms with Crippen LogP contribution in [0.5, 0.6) is 0 Å². The highest BCUT2D eigenvalue weighted by atomic mass is 32.2. The van der Waals surface area contributed by atoms with Crippen molar-refractivity contribution in [3.8, 4) is 6.07 Å². The molecule has 0 aliphatic rings. The summed E-state index contributed by atoms with van der Waals surface area (Å²) < 4.78 is 26.9. The Balaban J connectivity index is 1.73. The van der Waals surface area contributed by atoms with Crippen LogP contribution in [-0.4, -0.2) is 34.0 Å². The summed E-state index contributed by atoms with van der Waals surface area (Å²) in [7, 11) is -3.70. The van der Waals surface area contributed by atoms with Gasteiger partial charge in [0.1, 0.15) is 11.6 Å². The van der Waals surface area contributed by atoms with Gasteiger partial charge < -0.3 is 5.32 Å². The normalized spacial score (nSPS) is 11.7. The fourth-order valence-corrected chi connectivity index (χ4v) is 3.54. The smallest absolute Gasteiger partial charge is 0.263 e. The highest BCUT2D eigenvalue weighted by Gasteiger charge is 2.15. The number of hydrogen-bond donors (Lipinski definition) is 3. The van der Waals surface area contributed by atoms with Crippen LogP contribution in [0.25, 0.3) is 5.57 Å². The van der Waals surface area contributed by atoms with Crippen molar-refractivity contribution >= 4 is 37.8 Å². The minimum absolute atomic E-state index is 0.0934. The van der Waals surface area contributed by atoms with Crippen LogP contribution in [0.15, 0.2) is 46.9 Å². The van der Waals surface area contributed by atoms with Crippen LogP contribution in [-0.2, 0) is 10.0 Å². The van der Waals surface area contributed by atoms with E-state index in [9.17, 15) is 8.42 Å². The second kappa shape index (κ2) is 7.07. The number of aromatic nitrogens is 5. The quantitative estimate of drug-likeness (QED) is 0.549. The zero-order chi connectivity index (χ0) is 17.7. The number of sulfonamides is 1. The van der Waals surface area contributed by atoms with Crippen LogP contribution in [0.2, 0.25) is 0 Å². The van der Waals surface area contributed by atoms with Crippen LogP contribution in [0.3, 0.4) is 0 Å². The van der Waals surface area contributed by atoms with E-state index < -0.39 is 10.0 Å². The average molecular weight is 374 g/mol. The number of aromatic amines is 1. The predicted molar refractivity (Wildman–Crippen MR) is 90.8 cm³/mol. The van der Waals surface area contributed by atoms with Crippen LogP contribution >= 0.6 is 11.3 Å². The van der Waals surface area contributed by atoms with E-state index in [0.717, 1.165) is 0 Å².